The minimum absolute atomic E-state index is 0.825. The third kappa shape index (κ3) is 2.47. The van der Waals surface area contributed by atoms with Gasteiger partial charge >= 0.3 is 0 Å². The molecular formula is C11H15N3O. The fourth-order valence-electron chi connectivity index (χ4n) is 1.51. The molecule has 2 aromatic rings. The van der Waals surface area contributed by atoms with Gasteiger partial charge in [-0.15, -0.1) is 0 Å². The third-order valence-corrected chi connectivity index (χ3v) is 2.35. The molecule has 0 saturated carbocycles. The molecule has 0 atom stereocenters. The number of hydrogen-bond acceptors (Lipinski definition) is 3. The molecule has 0 bridgehead atoms. The normalized spacial score (nSPS) is 10.7. The van der Waals surface area contributed by atoms with Crippen LogP contribution in [0.1, 0.15) is 18.2 Å². The summed E-state index contributed by atoms with van der Waals surface area (Å²) in [6, 6.07) is 1.96. The van der Waals surface area contributed by atoms with Crippen molar-refractivity contribution in [2.75, 3.05) is 0 Å². The highest BCUT2D eigenvalue weighted by Gasteiger charge is 1.99. The van der Waals surface area contributed by atoms with Gasteiger partial charge in [-0.25, -0.2) is 4.98 Å². The van der Waals surface area contributed by atoms with Gasteiger partial charge < -0.3 is 14.3 Å². The molecule has 0 aliphatic heterocycles. The molecule has 0 aliphatic rings. The highest BCUT2D eigenvalue weighted by atomic mass is 16.3. The van der Waals surface area contributed by atoms with Crippen LogP contribution in [0.4, 0.5) is 0 Å². The second-order valence-electron chi connectivity index (χ2n) is 3.41. The zero-order valence-electron chi connectivity index (χ0n) is 8.81. The van der Waals surface area contributed by atoms with E-state index in [2.05, 4.69) is 21.8 Å². The molecule has 1 N–H and O–H groups in total. The second-order valence-corrected chi connectivity index (χ2v) is 3.41. The van der Waals surface area contributed by atoms with Crippen LogP contribution in [-0.2, 0) is 19.6 Å². The Kier molecular flexibility index (Phi) is 3.19. The number of hydrogen-bond donors (Lipinski definition) is 1. The predicted octanol–water partition coefficient (Wildman–Crippen LogP) is 1.79. The first-order chi connectivity index (χ1) is 7.40. The molecule has 2 aromatic heterocycles. The van der Waals surface area contributed by atoms with Gasteiger partial charge in [0.05, 0.1) is 24.5 Å². The maximum absolute atomic E-state index is 4.99. The summed E-state index contributed by atoms with van der Waals surface area (Å²) in [6.07, 6.45) is 7.19. The SMILES string of the molecule is CCn1cncc1CNCc1ccoc1. The van der Waals surface area contributed by atoms with Gasteiger partial charge in [0.15, 0.2) is 0 Å². The van der Waals surface area contributed by atoms with Crippen molar-refractivity contribution < 1.29 is 4.42 Å². The largest absolute Gasteiger partial charge is 0.472 e. The lowest BCUT2D eigenvalue weighted by Crippen LogP contribution is -2.15. The molecule has 0 saturated heterocycles. The number of nitrogens with one attached hydrogen (secondary N) is 1. The molecule has 2 rings (SSSR count). The van der Waals surface area contributed by atoms with Gasteiger partial charge in [0.2, 0.25) is 0 Å². The van der Waals surface area contributed by atoms with Gasteiger partial charge in [-0.1, -0.05) is 0 Å². The van der Waals surface area contributed by atoms with Crippen molar-refractivity contribution in [3.05, 3.63) is 42.4 Å². The van der Waals surface area contributed by atoms with Crippen LogP contribution in [-0.4, -0.2) is 9.55 Å². The van der Waals surface area contributed by atoms with E-state index in [1.807, 2.05) is 18.6 Å². The van der Waals surface area contributed by atoms with Crippen LogP contribution in [0.5, 0.6) is 0 Å². The van der Waals surface area contributed by atoms with Crippen molar-refractivity contribution in [3.8, 4) is 0 Å². The lowest BCUT2D eigenvalue weighted by atomic mass is 10.3. The Balaban J connectivity index is 1.83. The number of imidazole rings is 1. The van der Waals surface area contributed by atoms with E-state index in [9.17, 15) is 0 Å². The molecular weight excluding hydrogens is 190 g/mol. The number of aromatic nitrogens is 2. The smallest absolute Gasteiger partial charge is 0.0948 e. The van der Waals surface area contributed by atoms with Crippen LogP contribution in [0.25, 0.3) is 0 Å². The van der Waals surface area contributed by atoms with Gasteiger partial charge in [-0.3, -0.25) is 0 Å². The van der Waals surface area contributed by atoms with E-state index < -0.39 is 0 Å². The Morgan fingerprint density at radius 3 is 3.13 bits per heavy atom. The second kappa shape index (κ2) is 4.79. The molecule has 0 amide bonds. The van der Waals surface area contributed by atoms with Crippen LogP contribution >= 0.6 is 0 Å². The van der Waals surface area contributed by atoms with Gasteiger partial charge in [0, 0.05) is 31.4 Å². The quantitative estimate of drug-likeness (QED) is 0.809. The van der Waals surface area contributed by atoms with E-state index in [0.717, 1.165) is 25.2 Å². The predicted molar refractivity (Wildman–Crippen MR) is 57.2 cm³/mol. The van der Waals surface area contributed by atoms with Gasteiger partial charge in [-0.2, -0.15) is 0 Å². The van der Waals surface area contributed by atoms with Crippen LogP contribution in [0.2, 0.25) is 0 Å². The fraction of sp³-hybridized carbons (Fsp3) is 0.364. The summed E-state index contributed by atoms with van der Waals surface area (Å²) in [6.45, 7) is 4.73. The molecule has 0 spiro atoms. The Morgan fingerprint density at radius 2 is 2.40 bits per heavy atom. The molecule has 0 aliphatic carbocycles. The first-order valence-electron chi connectivity index (χ1n) is 5.11. The average molecular weight is 205 g/mol. The highest BCUT2D eigenvalue weighted by Crippen LogP contribution is 2.01. The highest BCUT2D eigenvalue weighted by molar-refractivity contribution is 5.05. The topological polar surface area (TPSA) is 43.0 Å². The summed E-state index contributed by atoms with van der Waals surface area (Å²) >= 11 is 0. The third-order valence-electron chi connectivity index (χ3n) is 2.35. The van der Waals surface area contributed by atoms with E-state index in [-0.39, 0.29) is 0 Å². The van der Waals surface area contributed by atoms with Crippen LogP contribution in [0, 0.1) is 0 Å². The minimum atomic E-state index is 0.825. The van der Waals surface area contributed by atoms with E-state index in [1.165, 1.54) is 5.69 Å². The van der Waals surface area contributed by atoms with Crippen LogP contribution in [0.3, 0.4) is 0 Å². The molecule has 80 valence electrons. The summed E-state index contributed by atoms with van der Waals surface area (Å²) < 4.78 is 7.12. The van der Waals surface area contributed by atoms with Gasteiger partial charge in [-0.05, 0) is 13.0 Å². The molecule has 0 fully saturated rings. The van der Waals surface area contributed by atoms with Crippen LogP contribution in [0.15, 0.2) is 35.5 Å². The Hall–Kier alpha value is -1.55. The Morgan fingerprint density at radius 1 is 1.47 bits per heavy atom. The number of furan rings is 1. The van der Waals surface area contributed by atoms with Crippen molar-refractivity contribution in [1.29, 1.82) is 0 Å². The summed E-state index contributed by atoms with van der Waals surface area (Å²) in [5.41, 5.74) is 2.37. The minimum Gasteiger partial charge on any atom is -0.472 e. The van der Waals surface area contributed by atoms with Crippen LogP contribution < -0.4 is 5.32 Å². The van der Waals surface area contributed by atoms with E-state index in [4.69, 9.17) is 4.42 Å². The molecule has 15 heavy (non-hydrogen) atoms. The Labute approximate surface area is 88.9 Å². The zero-order valence-corrected chi connectivity index (χ0v) is 8.81. The summed E-state index contributed by atoms with van der Waals surface area (Å²) in [7, 11) is 0. The van der Waals surface area contributed by atoms with Gasteiger partial charge in [0.25, 0.3) is 0 Å². The van der Waals surface area contributed by atoms with Crippen molar-refractivity contribution in [3.63, 3.8) is 0 Å². The van der Waals surface area contributed by atoms with Crippen molar-refractivity contribution >= 4 is 0 Å². The monoisotopic (exact) mass is 205 g/mol. The van der Waals surface area contributed by atoms with E-state index >= 15 is 0 Å². The Bertz CT molecular complexity index is 392. The number of aryl methyl sites for hydroxylation is 1. The number of rotatable bonds is 5. The zero-order chi connectivity index (χ0) is 10.5. The van der Waals surface area contributed by atoms with Gasteiger partial charge in [0.1, 0.15) is 0 Å². The standard InChI is InChI=1S/C11H15N3O/c1-2-14-9-13-7-11(14)6-12-5-10-3-4-15-8-10/h3-4,7-9,12H,2,5-6H2,1H3. The van der Waals surface area contributed by atoms with Crippen molar-refractivity contribution in [2.24, 2.45) is 0 Å². The molecule has 2 heterocycles. The number of nitrogens with zero attached hydrogens (tertiary/aromatic N) is 2. The maximum atomic E-state index is 4.99. The first-order valence-corrected chi connectivity index (χ1v) is 5.11. The van der Waals surface area contributed by atoms with Crippen molar-refractivity contribution in [1.82, 2.24) is 14.9 Å². The van der Waals surface area contributed by atoms with Crippen molar-refractivity contribution in [2.45, 2.75) is 26.6 Å². The van der Waals surface area contributed by atoms with E-state index in [1.54, 1.807) is 12.5 Å². The molecule has 4 nitrogen and oxygen atoms in total. The fourth-order valence-corrected chi connectivity index (χ4v) is 1.51. The lowest BCUT2D eigenvalue weighted by Gasteiger charge is -2.05. The summed E-state index contributed by atoms with van der Waals surface area (Å²) in [4.78, 5) is 4.11. The average Bonchev–Trinajstić information content (AvgIpc) is 2.88. The molecule has 0 radical (unpaired) electrons. The first kappa shape index (κ1) is 9.98. The maximum Gasteiger partial charge on any atom is 0.0948 e. The molecule has 0 aromatic carbocycles. The van der Waals surface area contributed by atoms with E-state index in [0.29, 0.717) is 0 Å². The summed E-state index contributed by atoms with van der Waals surface area (Å²) in [5, 5.41) is 3.34. The lowest BCUT2D eigenvalue weighted by molar-refractivity contribution is 0.558. The summed E-state index contributed by atoms with van der Waals surface area (Å²) in [5.74, 6) is 0. The molecule has 0 unspecified atom stereocenters. The molecule has 4 heteroatoms.